The van der Waals surface area contributed by atoms with Crippen LogP contribution in [0.5, 0.6) is 0 Å². The van der Waals surface area contributed by atoms with Crippen molar-refractivity contribution < 1.29 is 5.11 Å². The molecule has 0 amide bonds. The first kappa shape index (κ1) is 14.7. The Bertz CT molecular complexity index is 349. The Morgan fingerprint density at radius 3 is 1.82 bits per heavy atom. The summed E-state index contributed by atoms with van der Waals surface area (Å²) in [4.78, 5) is 0. The third-order valence-electron chi connectivity index (χ3n) is 3.42. The summed E-state index contributed by atoms with van der Waals surface area (Å²) in [6.07, 6.45) is 0. The van der Waals surface area contributed by atoms with Gasteiger partial charge < -0.3 is 5.11 Å². The van der Waals surface area contributed by atoms with Gasteiger partial charge in [0.15, 0.2) is 0 Å². The zero-order valence-electron chi connectivity index (χ0n) is 11.9. The van der Waals surface area contributed by atoms with E-state index in [-0.39, 0.29) is 6.61 Å². The third-order valence-corrected chi connectivity index (χ3v) is 9.06. The van der Waals surface area contributed by atoms with E-state index in [0.717, 1.165) is 5.56 Å². The summed E-state index contributed by atoms with van der Waals surface area (Å²) in [7, 11) is -2.19. The Morgan fingerprint density at radius 1 is 0.882 bits per heavy atom. The Kier molecular flexibility index (Phi) is 4.75. The second-order valence-corrected chi connectivity index (χ2v) is 17.3. The number of hydrogen-bond acceptors (Lipinski definition) is 1. The van der Waals surface area contributed by atoms with E-state index in [1.165, 1.54) is 17.3 Å². The van der Waals surface area contributed by atoms with Crippen LogP contribution in [0.1, 0.15) is 5.56 Å². The fourth-order valence-electron chi connectivity index (χ4n) is 1.89. The monoisotopic (exact) mass is 266 g/mol. The Hall–Kier alpha value is -0.386. The van der Waals surface area contributed by atoms with Crippen LogP contribution in [0.2, 0.25) is 44.8 Å². The summed E-state index contributed by atoms with van der Waals surface area (Å²) in [6.45, 7) is 12.4. The van der Waals surface area contributed by atoms with Gasteiger partial charge >= 0.3 is 0 Å². The highest BCUT2D eigenvalue weighted by Gasteiger charge is 2.26. The van der Waals surface area contributed by atoms with Gasteiger partial charge in [-0.25, -0.2) is 0 Å². The molecule has 17 heavy (non-hydrogen) atoms. The van der Waals surface area contributed by atoms with Crippen LogP contribution in [0.3, 0.4) is 0 Å². The number of aliphatic hydroxyl groups is 1. The maximum atomic E-state index is 9.06. The molecule has 0 bridgehead atoms. The number of benzene rings is 1. The standard InChI is InChI=1S/C14H26OSi2/c1-16(2,3)10-11-17(4,5)14-8-6-13(12-15)7-9-14/h6-9,15H,10-12H2,1-5H3. The van der Waals surface area contributed by atoms with Crippen molar-refractivity contribution in [3.63, 3.8) is 0 Å². The maximum absolute atomic E-state index is 9.06. The van der Waals surface area contributed by atoms with Crippen LogP contribution in [0, 0.1) is 0 Å². The van der Waals surface area contributed by atoms with Crippen molar-refractivity contribution in [2.75, 3.05) is 0 Å². The summed E-state index contributed by atoms with van der Waals surface area (Å²) < 4.78 is 0. The van der Waals surface area contributed by atoms with E-state index < -0.39 is 16.1 Å². The lowest BCUT2D eigenvalue weighted by atomic mass is 10.2. The molecule has 0 saturated carbocycles. The topological polar surface area (TPSA) is 20.2 Å². The molecule has 3 heteroatoms. The van der Waals surface area contributed by atoms with E-state index in [1.807, 2.05) is 0 Å². The Labute approximate surface area is 108 Å². The van der Waals surface area contributed by atoms with Gasteiger partial charge in [-0.1, -0.05) is 74.3 Å². The molecule has 0 aliphatic carbocycles. The highest BCUT2D eigenvalue weighted by Crippen LogP contribution is 2.20. The lowest BCUT2D eigenvalue weighted by Gasteiger charge is -2.27. The lowest BCUT2D eigenvalue weighted by Crippen LogP contribution is -2.42. The molecule has 0 atom stereocenters. The minimum atomic E-state index is -1.27. The van der Waals surface area contributed by atoms with Crippen LogP contribution in [0.4, 0.5) is 0 Å². The molecule has 96 valence electrons. The second-order valence-electron chi connectivity index (χ2n) is 6.80. The van der Waals surface area contributed by atoms with Crippen molar-refractivity contribution >= 4 is 21.3 Å². The highest BCUT2D eigenvalue weighted by molar-refractivity contribution is 6.91. The van der Waals surface area contributed by atoms with E-state index in [2.05, 4.69) is 57.0 Å². The number of aliphatic hydroxyl groups excluding tert-OH is 1. The first-order valence-corrected chi connectivity index (χ1v) is 13.4. The third kappa shape index (κ3) is 4.78. The molecule has 1 rings (SSSR count). The van der Waals surface area contributed by atoms with Gasteiger partial charge in [0.05, 0.1) is 14.7 Å². The van der Waals surface area contributed by atoms with Gasteiger partial charge in [0.2, 0.25) is 0 Å². The van der Waals surface area contributed by atoms with Gasteiger partial charge in [-0.15, -0.1) is 0 Å². The van der Waals surface area contributed by atoms with Gasteiger partial charge in [-0.2, -0.15) is 0 Å². The SMILES string of the molecule is C[Si](C)(C)CC[Si](C)(C)c1ccc(CO)cc1. The van der Waals surface area contributed by atoms with Gasteiger partial charge in [0.25, 0.3) is 0 Å². The molecule has 0 saturated heterocycles. The van der Waals surface area contributed by atoms with E-state index in [1.54, 1.807) is 0 Å². The van der Waals surface area contributed by atoms with E-state index in [9.17, 15) is 0 Å². The second kappa shape index (κ2) is 5.50. The fourth-order valence-corrected chi connectivity index (χ4v) is 8.75. The molecule has 0 spiro atoms. The summed E-state index contributed by atoms with van der Waals surface area (Å²) in [5, 5.41) is 10.6. The number of hydrogen-bond donors (Lipinski definition) is 1. The molecule has 0 fully saturated rings. The van der Waals surface area contributed by atoms with Gasteiger partial charge in [-0.3, -0.25) is 0 Å². The predicted octanol–water partition coefficient (Wildman–Crippen LogP) is 3.43. The molecule has 1 aromatic rings. The van der Waals surface area contributed by atoms with Gasteiger partial charge in [0.1, 0.15) is 0 Å². The summed E-state index contributed by atoms with van der Waals surface area (Å²) in [6, 6.07) is 11.4. The average Bonchev–Trinajstić information content (AvgIpc) is 2.26. The minimum absolute atomic E-state index is 0.150. The van der Waals surface area contributed by atoms with Crippen LogP contribution in [-0.2, 0) is 6.61 Å². The summed E-state index contributed by atoms with van der Waals surface area (Å²) >= 11 is 0. The van der Waals surface area contributed by atoms with Crippen molar-refractivity contribution in [2.45, 2.75) is 51.4 Å². The first-order valence-electron chi connectivity index (χ1n) is 6.45. The van der Waals surface area contributed by atoms with Crippen LogP contribution in [-0.4, -0.2) is 21.3 Å². The molecule has 0 radical (unpaired) electrons. The van der Waals surface area contributed by atoms with Crippen LogP contribution < -0.4 is 5.19 Å². The molecule has 0 unspecified atom stereocenters. The van der Waals surface area contributed by atoms with Crippen LogP contribution in [0.15, 0.2) is 24.3 Å². The van der Waals surface area contributed by atoms with Crippen LogP contribution in [0.25, 0.3) is 0 Å². The summed E-state index contributed by atoms with van der Waals surface area (Å²) in [5.41, 5.74) is 1.02. The smallest absolute Gasteiger partial charge is 0.0803 e. The number of rotatable bonds is 5. The van der Waals surface area contributed by atoms with Crippen LogP contribution >= 0.6 is 0 Å². The van der Waals surface area contributed by atoms with E-state index >= 15 is 0 Å². The zero-order chi connectivity index (χ0) is 13.1. The normalized spacial score (nSPS) is 12.8. The predicted molar refractivity (Wildman–Crippen MR) is 82.4 cm³/mol. The Balaban J connectivity index is 2.74. The Morgan fingerprint density at radius 2 is 1.41 bits per heavy atom. The molecule has 1 nitrogen and oxygen atoms in total. The highest BCUT2D eigenvalue weighted by atomic mass is 28.3. The molecule has 0 aromatic heterocycles. The van der Waals surface area contributed by atoms with E-state index in [0.29, 0.717) is 0 Å². The molecule has 1 N–H and O–H groups in total. The molecular formula is C14H26OSi2. The fraction of sp³-hybridized carbons (Fsp3) is 0.571. The van der Waals surface area contributed by atoms with Crippen molar-refractivity contribution in [1.82, 2.24) is 0 Å². The largest absolute Gasteiger partial charge is 0.392 e. The minimum Gasteiger partial charge on any atom is -0.392 e. The van der Waals surface area contributed by atoms with Crippen molar-refractivity contribution in [1.29, 1.82) is 0 Å². The molecule has 0 aliphatic heterocycles. The quantitative estimate of drug-likeness (QED) is 0.810. The molecule has 0 aliphatic rings. The average molecular weight is 267 g/mol. The first-order chi connectivity index (χ1) is 7.74. The van der Waals surface area contributed by atoms with Gasteiger partial charge in [0, 0.05) is 8.07 Å². The van der Waals surface area contributed by atoms with Crippen molar-refractivity contribution in [3.05, 3.63) is 29.8 Å². The maximum Gasteiger partial charge on any atom is 0.0803 e. The van der Waals surface area contributed by atoms with E-state index in [4.69, 9.17) is 5.11 Å². The summed E-state index contributed by atoms with van der Waals surface area (Å²) in [5.74, 6) is 0. The zero-order valence-corrected chi connectivity index (χ0v) is 13.9. The van der Waals surface area contributed by atoms with Gasteiger partial charge in [-0.05, 0) is 5.56 Å². The lowest BCUT2D eigenvalue weighted by molar-refractivity contribution is 0.282. The molecule has 1 aromatic carbocycles. The molecule has 0 heterocycles. The van der Waals surface area contributed by atoms with Crippen molar-refractivity contribution in [2.24, 2.45) is 0 Å². The van der Waals surface area contributed by atoms with Crippen molar-refractivity contribution in [3.8, 4) is 0 Å². The molecular weight excluding hydrogens is 240 g/mol.